The van der Waals surface area contributed by atoms with Crippen molar-refractivity contribution in [2.24, 2.45) is 0 Å². The lowest BCUT2D eigenvalue weighted by Gasteiger charge is -2.27. The van der Waals surface area contributed by atoms with E-state index in [1.54, 1.807) is 23.1 Å². The number of thioether (sulfide) groups is 1. The summed E-state index contributed by atoms with van der Waals surface area (Å²) in [6.45, 7) is 0.469. The van der Waals surface area contributed by atoms with E-state index in [0.717, 1.165) is 10.5 Å². The maximum atomic E-state index is 11.2. The number of nitrogens with zero attached hydrogens (tertiary/aromatic N) is 2. The van der Waals surface area contributed by atoms with E-state index in [9.17, 15) is 9.90 Å². The van der Waals surface area contributed by atoms with Crippen LogP contribution in [0.4, 0.5) is 11.4 Å². The molecule has 1 aromatic heterocycles. The smallest absolute Gasteiger partial charge is 0.309 e. The van der Waals surface area contributed by atoms with E-state index >= 15 is 0 Å². The van der Waals surface area contributed by atoms with Crippen molar-refractivity contribution in [3.8, 4) is 0 Å². The molecule has 1 aliphatic heterocycles. The van der Waals surface area contributed by atoms with Gasteiger partial charge in [-0.3, -0.25) is 4.79 Å². The van der Waals surface area contributed by atoms with E-state index < -0.39 is 5.97 Å². The largest absolute Gasteiger partial charge is 0.481 e. The number of fused-ring (bicyclic) bond motifs is 4. The number of hydrogen-bond donors (Lipinski definition) is 1. The lowest BCUT2D eigenvalue weighted by atomic mass is 9.96. The summed E-state index contributed by atoms with van der Waals surface area (Å²) in [6, 6.07) is 24.6. The van der Waals surface area contributed by atoms with Crippen LogP contribution in [0.1, 0.15) is 47.7 Å². The molecule has 2 heterocycles. The Hall–Kier alpha value is -3.09. The Bertz CT molecular complexity index is 1460. The van der Waals surface area contributed by atoms with E-state index in [2.05, 4.69) is 82.5 Å². The molecule has 182 valence electrons. The maximum absolute atomic E-state index is 11.2. The Morgan fingerprint density at radius 1 is 1.11 bits per heavy atom. The van der Waals surface area contributed by atoms with Crippen LogP contribution in [0.25, 0.3) is 22.4 Å². The fraction of sp³-hybridized carbons (Fsp3) is 0.267. The highest BCUT2D eigenvalue weighted by molar-refractivity contribution is 7.98. The Kier molecular flexibility index (Phi) is 6.32. The van der Waals surface area contributed by atoms with Crippen molar-refractivity contribution in [1.29, 1.82) is 0 Å². The Balaban J connectivity index is 1.33. The molecule has 2 atom stereocenters. The van der Waals surface area contributed by atoms with Crippen LogP contribution < -0.4 is 9.47 Å². The highest BCUT2D eigenvalue weighted by atomic mass is 32.2. The minimum Gasteiger partial charge on any atom is -0.481 e. The summed E-state index contributed by atoms with van der Waals surface area (Å²) in [5.41, 5.74) is 6.38. The van der Waals surface area contributed by atoms with Gasteiger partial charge in [-0.05, 0) is 78.8 Å². The number of para-hydroxylation sites is 1. The van der Waals surface area contributed by atoms with E-state index in [-0.39, 0.29) is 6.42 Å². The fourth-order valence-electron chi connectivity index (χ4n) is 5.84. The van der Waals surface area contributed by atoms with Gasteiger partial charge in [0.2, 0.25) is 5.52 Å². The number of thiazole rings is 1. The number of hydrogen-bond acceptors (Lipinski definition) is 4. The fourth-order valence-corrected chi connectivity index (χ4v) is 7.34. The normalized spacial score (nSPS) is 18.8. The number of benzene rings is 3. The highest BCUT2D eigenvalue weighted by Gasteiger charge is 2.42. The van der Waals surface area contributed by atoms with Crippen molar-refractivity contribution >= 4 is 62.8 Å². The average molecular weight is 514 g/mol. The molecule has 4 aromatic rings. The Morgan fingerprint density at radius 3 is 2.75 bits per heavy atom. The van der Waals surface area contributed by atoms with Crippen molar-refractivity contribution in [2.75, 3.05) is 11.2 Å². The lowest BCUT2D eigenvalue weighted by Crippen LogP contribution is -2.36. The zero-order chi connectivity index (χ0) is 24.6. The standard InChI is InChI=1S/C30H28N2O2S2/c1-35-22-13-11-21(12-14-22)32-25-7-4-5-23(25)24-19-20(9-15-26(24)32)10-16-29-31(18-17-30(33)34)27-6-2-3-8-28(27)36-29/h2-3,6,8-16,19,23,25H,4-5,7,17-18H2,1H3/p+1. The van der Waals surface area contributed by atoms with Gasteiger partial charge in [0.1, 0.15) is 11.1 Å². The van der Waals surface area contributed by atoms with Gasteiger partial charge in [0.15, 0.2) is 6.54 Å². The second kappa shape index (κ2) is 9.75. The summed E-state index contributed by atoms with van der Waals surface area (Å²) in [5.74, 6) is -0.191. The molecule has 6 heteroatoms. The number of carboxylic acids is 1. The second-order valence-electron chi connectivity index (χ2n) is 9.53. The first-order valence-electron chi connectivity index (χ1n) is 12.5. The molecule has 2 unspecified atom stereocenters. The Morgan fingerprint density at radius 2 is 1.94 bits per heavy atom. The minimum atomic E-state index is -0.773. The molecular weight excluding hydrogens is 484 g/mol. The summed E-state index contributed by atoms with van der Waals surface area (Å²) in [5, 5.41) is 10.3. The van der Waals surface area contributed by atoms with Crippen LogP contribution >= 0.6 is 23.1 Å². The van der Waals surface area contributed by atoms with E-state index in [1.165, 1.54) is 51.4 Å². The van der Waals surface area contributed by atoms with Gasteiger partial charge in [0.25, 0.3) is 5.01 Å². The molecule has 1 N–H and O–H groups in total. The molecule has 0 amide bonds. The molecule has 1 aliphatic carbocycles. The topological polar surface area (TPSA) is 44.4 Å². The summed E-state index contributed by atoms with van der Waals surface area (Å²) < 4.78 is 3.30. The number of anilines is 2. The quantitative estimate of drug-likeness (QED) is 0.207. The van der Waals surface area contributed by atoms with Crippen molar-refractivity contribution in [3.63, 3.8) is 0 Å². The summed E-state index contributed by atoms with van der Waals surface area (Å²) in [6.07, 6.45) is 10.3. The van der Waals surface area contributed by atoms with Gasteiger partial charge in [-0.2, -0.15) is 4.57 Å². The number of carbonyl (C=O) groups is 1. The highest BCUT2D eigenvalue weighted by Crippen LogP contribution is 2.52. The molecule has 0 radical (unpaired) electrons. The third-order valence-corrected chi connectivity index (χ3v) is 9.35. The van der Waals surface area contributed by atoms with Gasteiger partial charge in [0, 0.05) is 40.4 Å². The SMILES string of the molecule is CSc1ccc(N2c3ccc(/C=C/c4sc5ccccc5[n+]4CCC(=O)O)cc3C3CCCC32)cc1. The first-order valence-corrected chi connectivity index (χ1v) is 14.5. The van der Waals surface area contributed by atoms with Crippen LogP contribution in [0, 0.1) is 0 Å². The van der Waals surface area contributed by atoms with Gasteiger partial charge in [-0.1, -0.05) is 36.0 Å². The molecule has 2 aliphatic rings. The molecule has 0 spiro atoms. The van der Waals surface area contributed by atoms with Crippen LogP contribution in [-0.4, -0.2) is 23.4 Å². The molecule has 0 bridgehead atoms. The van der Waals surface area contributed by atoms with Gasteiger partial charge in [-0.25, -0.2) is 0 Å². The predicted octanol–water partition coefficient (Wildman–Crippen LogP) is 7.34. The molecule has 36 heavy (non-hydrogen) atoms. The third kappa shape index (κ3) is 4.22. The number of rotatable bonds is 7. The number of carboxylic acid groups (broad SMARTS) is 1. The van der Waals surface area contributed by atoms with Crippen molar-refractivity contribution in [2.45, 2.75) is 49.1 Å². The van der Waals surface area contributed by atoms with Gasteiger partial charge in [-0.15, -0.1) is 11.8 Å². The summed E-state index contributed by atoms with van der Waals surface area (Å²) >= 11 is 3.49. The van der Waals surface area contributed by atoms with E-state index in [0.29, 0.717) is 18.5 Å². The van der Waals surface area contributed by atoms with Crippen molar-refractivity contribution in [3.05, 3.63) is 82.9 Å². The average Bonchev–Trinajstić information content (AvgIpc) is 3.59. The molecule has 1 saturated carbocycles. The van der Waals surface area contributed by atoms with E-state index in [4.69, 9.17) is 0 Å². The van der Waals surface area contributed by atoms with Crippen molar-refractivity contribution < 1.29 is 14.5 Å². The predicted molar refractivity (Wildman–Crippen MR) is 150 cm³/mol. The number of aryl methyl sites for hydroxylation is 1. The van der Waals surface area contributed by atoms with Gasteiger partial charge >= 0.3 is 5.97 Å². The van der Waals surface area contributed by atoms with Crippen LogP contribution in [0.5, 0.6) is 0 Å². The Labute approximate surface area is 219 Å². The number of aliphatic carboxylic acids is 1. The molecule has 4 nitrogen and oxygen atoms in total. The molecule has 1 fully saturated rings. The number of aromatic nitrogens is 1. The van der Waals surface area contributed by atoms with Crippen LogP contribution in [0.2, 0.25) is 0 Å². The second-order valence-corrected chi connectivity index (χ2v) is 11.5. The van der Waals surface area contributed by atoms with Crippen LogP contribution in [0.15, 0.2) is 71.6 Å². The van der Waals surface area contributed by atoms with Gasteiger partial charge in [0.05, 0.1) is 0 Å². The minimum absolute atomic E-state index is 0.113. The van der Waals surface area contributed by atoms with Crippen molar-refractivity contribution in [1.82, 2.24) is 0 Å². The van der Waals surface area contributed by atoms with Crippen LogP contribution in [0.3, 0.4) is 0 Å². The zero-order valence-corrected chi connectivity index (χ0v) is 21.9. The first kappa shape index (κ1) is 23.3. The zero-order valence-electron chi connectivity index (χ0n) is 20.3. The summed E-state index contributed by atoms with van der Waals surface area (Å²) in [4.78, 5) is 15.1. The summed E-state index contributed by atoms with van der Waals surface area (Å²) in [7, 11) is 0. The monoisotopic (exact) mass is 513 g/mol. The van der Waals surface area contributed by atoms with Crippen LogP contribution in [-0.2, 0) is 11.3 Å². The molecule has 6 rings (SSSR count). The van der Waals surface area contributed by atoms with Gasteiger partial charge < -0.3 is 10.0 Å². The maximum Gasteiger partial charge on any atom is 0.309 e. The molecule has 0 saturated heterocycles. The third-order valence-electron chi connectivity index (χ3n) is 7.48. The van der Waals surface area contributed by atoms with E-state index in [1.807, 2.05) is 12.1 Å². The first-order chi connectivity index (χ1) is 17.6. The molecule has 3 aromatic carbocycles. The lowest BCUT2D eigenvalue weighted by molar-refractivity contribution is -0.667. The molecular formula is C30H29N2O2S2+.